The number of hydrogen-bond acceptors (Lipinski definition) is 5. The Balaban J connectivity index is 0.00000480. The molecule has 0 aromatic heterocycles. The van der Waals surface area contributed by atoms with Gasteiger partial charge in [0.1, 0.15) is 11.9 Å². The summed E-state index contributed by atoms with van der Waals surface area (Å²) in [5.74, 6) is -0.987. The summed E-state index contributed by atoms with van der Waals surface area (Å²) in [6, 6.07) is 20.4. The Morgan fingerprint density at radius 2 is 1.59 bits per heavy atom. The summed E-state index contributed by atoms with van der Waals surface area (Å²) in [5.41, 5.74) is 3.70. The molecular weight excluding hydrogens is 628 g/mol. The van der Waals surface area contributed by atoms with Crippen LogP contribution in [0.2, 0.25) is 5.02 Å². The van der Waals surface area contributed by atoms with E-state index in [2.05, 4.69) is 26.9 Å². The van der Waals surface area contributed by atoms with Crippen LogP contribution in [0.4, 0.5) is 4.39 Å². The zero-order valence-electron chi connectivity index (χ0n) is 26.2. The van der Waals surface area contributed by atoms with Crippen LogP contribution in [0.15, 0.2) is 72.8 Å². The third kappa shape index (κ3) is 8.85. The van der Waals surface area contributed by atoms with Crippen LogP contribution < -0.4 is 16.0 Å². The molecule has 0 spiro atoms. The number of benzene rings is 3. The maximum Gasteiger partial charge on any atom is 0.245 e. The molecule has 46 heavy (non-hydrogen) atoms. The Bertz CT molecular complexity index is 1500. The lowest BCUT2D eigenvalue weighted by molar-refractivity contribution is -0.138. The fourth-order valence-electron chi connectivity index (χ4n) is 6.03. The van der Waals surface area contributed by atoms with Crippen LogP contribution in [0.3, 0.4) is 0 Å². The van der Waals surface area contributed by atoms with Gasteiger partial charge in [0.15, 0.2) is 0 Å². The first-order chi connectivity index (χ1) is 21.7. The number of rotatable bonds is 10. The van der Waals surface area contributed by atoms with Gasteiger partial charge in [0, 0.05) is 62.2 Å². The second kappa shape index (κ2) is 16.4. The summed E-state index contributed by atoms with van der Waals surface area (Å²) in [5, 5.41) is 9.92. The van der Waals surface area contributed by atoms with Gasteiger partial charge in [-0.05, 0) is 41.3 Å². The zero-order chi connectivity index (χ0) is 31.9. The predicted octanol–water partition coefficient (Wildman–Crippen LogP) is 4.30. The molecule has 0 aliphatic carbocycles. The summed E-state index contributed by atoms with van der Waals surface area (Å²) in [6.45, 7) is 6.29. The van der Waals surface area contributed by atoms with Crippen LogP contribution in [0.1, 0.15) is 42.1 Å². The Morgan fingerprint density at radius 1 is 0.935 bits per heavy atom. The molecule has 3 amide bonds. The average Bonchev–Trinajstić information content (AvgIpc) is 3.05. The minimum absolute atomic E-state index is 0. The molecule has 2 aliphatic heterocycles. The van der Waals surface area contributed by atoms with Crippen molar-refractivity contribution in [1.29, 1.82) is 0 Å². The molecule has 0 saturated carbocycles. The van der Waals surface area contributed by atoms with Crippen LogP contribution in [0.5, 0.6) is 0 Å². The van der Waals surface area contributed by atoms with Crippen LogP contribution in [-0.2, 0) is 33.8 Å². The van der Waals surface area contributed by atoms with Gasteiger partial charge in [-0.25, -0.2) is 4.39 Å². The number of nitrogens with one attached hydrogen (secondary N) is 3. The maximum absolute atomic E-state index is 14.9. The minimum Gasteiger partial charge on any atom is -0.354 e. The van der Waals surface area contributed by atoms with E-state index in [9.17, 15) is 18.8 Å². The standard InChI is InChI=1S/C35H41ClFN5O3.ClH/c1-23(2)33(43)39-22-32(28-9-5-6-10-29(28)37)41-15-17-42(18-16-41)35(45)31(19-24-11-13-27(36)14-12-24)40-34(44)30-20-25-7-3-4-8-26(25)21-38-30;/h3-14,23,30-32,38H,15-22H2,1-2H3,(H,39,43)(H,40,44);1H/t30-,31-,32?;/m1./s1. The van der Waals surface area contributed by atoms with Gasteiger partial charge < -0.3 is 20.9 Å². The molecule has 5 rings (SSSR count). The molecule has 3 N–H and O–H groups in total. The molecule has 1 fully saturated rings. The van der Waals surface area contributed by atoms with Crippen molar-refractivity contribution in [3.8, 4) is 0 Å². The van der Waals surface area contributed by atoms with Gasteiger partial charge in [0.25, 0.3) is 0 Å². The van der Waals surface area contributed by atoms with Crippen molar-refractivity contribution >= 4 is 41.7 Å². The number of piperazine rings is 1. The van der Waals surface area contributed by atoms with Crippen molar-refractivity contribution in [3.63, 3.8) is 0 Å². The second-order valence-corrected chi connectivity index (χ2v) is 12.5. The maximum atomic E-state index is 14.9. The van der Waals surface area contributed by atoms with Crippen molar-refractivity contribution < 1.29 is 18.8 Å². The summed E-state index contributed by atoms with van der Waals surface area (Å²) in [7, 11) is 0. The van der Waals surface area contributed by atoms with Gasteiger partial charge in [-0.15, -0.1) is 12.4 Å². The normalized spacial score (nSPS) is 17.8. The van der Waals surface area contributed by atoms with Crippen molar-refractivity contribution in [2.24, 2.45) is 5.92 Å². The first-order valence-electron chi connectivity index (χ1n) is 15.6. The van der Waals surface area contributed by atoms with Crippen molar-refractivity contribution in [1.82, 2.24) is 25.8 Å². The molecule has 1 unspecified atom stereocenters. The lowest BCUT2D eigenvalue weighted by Crippen LogP contribution is -2.58. The van der Waals surface area contributed by atoms with E-state index in [-0.39, 0.29) is 54.5 Å². The van der Waals surface area contributed by atoms with E-state index in [1.54, 1.807) is 35.2 Å². The first kappa shape index (κ1) is 35.4. The molecule has 0 radical (unpaired) electrons. The van der Waals surface area contributed by atoms with Gasteiger partial charge >= 0.3 is 0 Å². The van der Waals surface area contributed by atoms with Gasteiger partial charge in [-0.1, -0.05) is 80.0 Å². The topological polar surface area (TPSA) is 93.8 Å². The van der Waals surface area contributed by atoms with E-state index < -0.39 is 12.1 Å². The molecule has 8 nitrogen and oxygen atoms in total. The van der Waals surface area contributed by atoms with E-state index in [0.29, 0.717) is 56.2 Å². The Morgan fingerprint density at radius 3 is 2.26 bits per heavy atom. The van der Waals surface area contributed by atoms with Gasteiger partial charge in [0.05, 0.1) is 12.1 Å². The van der Waals surface area contributed by atoms with Gasteiger partial charge in [-0.2, -0.15) is 0 Å². The largest absolute Gasteiger partial charge is 0.354 e. The van der Waals surface area contributed by atoms with E-state index in [4.69, 9.17) is 11.6 Å². The first-order valence-corrected chi connectivity index (χ1v) is 16.0. The predicted molar refractivity (Wildman–Crippen MR) is 180 cm³/mol. The number of carbonyl (C=O) groups is 3. The summed E-state index contributed by atoms with van der Waals surface area (Å²) < 4.78 is 14.9. The lowest BCUT2D eigenvalue weighted by Gasteiger charge is -2.41. The van der Waals surface area contributed by atoms with Crippen molar-refractivity contribution in [3.05, 3.63) is 106 Å². The molecule has 1 saturated heterocycles. The molecule has 3 aromatic carbocycles. The number of carbonyl (C=O) groups excluding carboxylic acids is 3. The van der Waals surface area contributed by atoms with Crippen LogP contribution in [0.25, 0.3) is 0 Å². The lowest BCUT2D eigenvalue weighted by atomic mass is 9.95. The highest BCUT2D eigenvalue weighted by Crippen LogP contribution is 2.25. The van der Waals surface area contributed by atoms with Crippen LogP contribution in [-0.4, -0.2) is 72.3 Å². The van der Waals surface area contributed by atoms with E-state index in [1.165, 1.54) is 11.6 Å². The molecule has 3 atom stereocenters. The van der Waals surface area contributed by atoms with Crippen molar-refractivity contribution in [2.75, 3.05) is 32.7 Å². The SMILES string of the molecule is CC(C)C(=O)NCC(c1ccccc1F)N1CCN(C(=O)[C@@H](Cc2ccc(Cl)cc2)NC(=O)[C@H]2Cc3ccccc3CN2)CC1.Cl. The average molecular weight is 671 g/mol. The molecule has 246 valence electrons. The summed E-state index contributed by atoms with van der Waals surface area (Å²) >= 11 is 6.10. The molecule has 0 bridgehead atoms. The molecule has 2 heterocycles. The van der Waals surface area contributed by atoms with Crippen molar-refractivity contribution in [2.45, 2.75) is 51.4 Å². The summed E-state index contributed by atoms with van der Waals surface area (Å²) in [6.07, 6.45) is 0.873. The van der Waals surface area contributed by atoms with Gasteiger partial charge in [0.2, 0.25) is 17.7 Å². The van der Waals surface area contributed by atoms with E-state index in [1.807, 2.05) is 44.2 Å². The second-order valence-electron chi connectivity index (χ2n) is 12.1. The molecule has 3 aromatic rings. The number of amides is 3. The Hall–Kier alpha value is -3.50. The number of halogens is 3. The molecular formula is C35H42Cl2FN5O3. The summed E-state index contributed by atoms with van der Waals surface area (Å²) in [4.78, 5) is 43.8. The third-order valence-corrected chi connectivity index (χ3v) is 8.94. The molecule has 11 heteroatoms. The smallest absolute Gasteiger partial charge is 0.245 e. The highest BCUT2D eigenvalue weighted by atomic mass is 35.5. The van der Waals surface area contributed by atoms with Crippen LogP contribution in [0, 0.1) is 11.7 Å². The Labute approximate surface area is 281 Å². The monoisotopic (exact) mass is 669 g/mol. The zero-order valence-corrected chi connectivity index (χ0v) is 27.8. The highest BCUT2D eigenvalue weighted by Gasteiger charge is 2.34. The number of fused-ring (bicyclic) bond motifs is 1. The van der Waals surface area contributed by atoms with Crippen LogP contribution >= 0.6 is 24.0 Å². The minimum atomic E-state index is -0.767. The third-order valence-electron chi connectivity index (χ3n) is 8.69. The fourth-order valence-corrected chi connectivity index (χ4v) is 6.15. The van der Waals surface area contributed by atoms with E-state index in [0.717, 1.165) is 11.1 Å². The number of nitrogens with zero attached hydrogens (tertiary/aromatic N) is 2. The Kier molecular flexibility index (Phi) is 12.6. The fraction of sp³-hybridized carbons (Fsp3) is 0.400. The number of hydrogen-bond donors (Lipinski definition) is 3. The highest BCUT2D eigenvalue weighted by molar-refractivity contribution is 6.30. The van der Waals surface area contributed by atoms with Gasteiger partial charge in [-0.3, -0.25) is 19.3 Å². The molecule has 2 aliphatic rings. The van der Waals surface area contributed by atoms with E-state index >= 15 is 0 Å². The quantitative estimate of drug-likeness (QED) is 0.299.